The summed E-state index contributed by atoms with van der Waals surface area (Å²) in [6.45, 7) is 4.19. The second kappa shape index (κ2) is 10.3. The predicted molar refractivity (Wildman–Crippen MR) is 131 cm³/mol. The van der Waals surface area contributed by atoms with E-state index in [-0.39, 0.29) is 24.2 Å². The molecule has 0 saturated carbocycles. The van der Waals surface area contributed by atoms with Crippen LogP contribution in [0.3, 0.4) is 0 Å². The molecule has 3 aliphatic heterocycles. The van der Waals surface area contributed by atoms with Gasteiger partial charge in [-0.1, -0.05) is 36.4 Å². The van der Waals surface area contributed by atoms with E-state index < -0.39 is 0 Å². The Bertz CT molecular complexity index is 1030. The van der Waals surface area contributed by atoms with E-state index in [9.17, 15) is 0 Å². The van der Waals surface area contributed by atoms with Crippen molar-refractivity contribution in [3.63, 3.8) is 0 Å². The van der Waals surface area contributed by atoms with Gasteiger partial charge >= 0.3 is 0 Å². The highest BCUT2D eigenvalue weighted by Crippen LogP contribution is 2.36. The Kier molecular flexibility index (Phi) is 6.58. The van der Waals surface area contributed by atoms with E-state index >= 15 is 0 Å². The van der Waals surface area contributed by atoms with E-state index in [2.05, 4.69) is 48.6 Å². The Morgan fingerprint density at radius 2 is 1.11 bits per heavy atom. The number of allylic oxidation sites excluding steroid dienone is 5. The normalized spacial score (nSPS) is 25.1. The summed E-state index contributed by atoms with van der Waals surface area (Å²) >= 11 is 0. The third kappa shape index (κ3) is 6.34. The first-order chi connectivity index (χ1) is 17.3. The fourth-order valence-corrected chi connectivity index (χ4v) is 4.10. The summed E-state index contributed by atoms with van der Waals surface area (Å²) in [5.74, 6) is 2.69. The lowest BCUT2D eigenvalue weighted by Crippen LogP contribution is -2.07. The van der Waals surface area contributed by atoms with Crippen LogP contribution in [0, 0.1) is 0 Å². The van der Waals surface area contributed by atoms with Gasteiger partial charge in [0.15, 0.2) is 0 Å². The standard InChI is InChI=1S/C29H30O6/c1-2-20(4-9-23(3-1)30-14-26-17-33-26)29(21-5-10-24(11-6-21)31-15-27-18-34-27)22-7-12-25(13-8-22)32-16-28-19-35-28/h2-13,26-29H,1,14-19H2/t26-,27?,28?,29?/m1/s1. The SMILES string of the molecule is C1=CC(C(c2ccc(OCC3CO3)cc2)c2ccc(OCC3CO3)cc2)=CCC=C1OC[C@@H]1CO1. The first-order valence-corrected chi connectivity index (χ1v) is 12.3. The minimum atomic E-state index is 0.0763. The smallest absolute Gasteiger partial charge is 0.119 e. The summed E-state index contributed by atoms with van der Waals surface area (Å²) in [4.78, 5) is 0. The van der Waals surface area contributed by atoms with Gasteiger partial charge in [-0.25, -0.2) is 0 Å². The molecule has 35 heavy (non-hydrogen) atoms. The van der Waals surface area contributed by atoms with E-state index in [0.29, 0.717) is 19.8 Å². The molecular formula is C29H30O6. The number of ether oxygens (including phenoxy) is 6. The molecule has 3 atom stereocenters. The zero-order valence-electron chi connectivity index (χ0n) is 19.6. The summed E-state index contributed by atoms with van der Waals surface area (Å²) in [5, 5.41) is 0. The summed E-state index contributed by atoms with van der Waals surface area (Å²) in [6.07, 6.45) is 10.2. The molecular weight excluding hydrogens is 444 g/mol. The third-order valence-electron chi connectivity index (χ3n) is 6.39. The minimum absolute atomic E-state index is 0.0763. The number of hydrogen-bond donors (Lipinski definition) is 0. The molecule has 3 heterocycles. The maximum Gasteiger partial charge on any atom is 0.119 e. The molecule has 6 rings (SSSR count). The molecule has 0 N–H and O–H groups in total. The van der Waals surface area contributed by atoms with Crippen LogP contribution in [0.5, 0.6) is 11.5 Å². The van der Waals surface area contributed by atoms with Crippen molar-refractivity contribution in [1.29, 1.82) is 0 Å². The van der Waals surface area contributed by atoms with Gasteiger partial charge in [0.05, 0.1) is 19.8 Å². The minimum Gasteiger partial charge on any atom is -0.491 e. The molecule has 3 saturated heterocycles. The molecule has 1 aliphatic carbocycles. The topological polar surface area (TPSA) is 65.3 Å². The highest BCUT2D eigenvalue weighted by molar-refractivity contribution is 5.49. The van der Waals surface area contributed by atoms with Crippen LogP contribution in [0.25, 0.3) is 0 Å². The van der Waals surface area contributed by atoms with Gasteiger partial charge < -0.3 is 28.4 Å². The largest absolute Gasteiger partial charge is 0.491 e. The lowest BCUT2D eigenvalue weighted by atomic mass is 9.84. The van der Waals surface area contributed by atoms with Crippen molar-refractivity contribution in [2.24, 2.45) is 0 Å². The van der Waals surface area contributed by atoms with E-state index in [4.69, 9.17) is 28.4 Å². The van der Waals surface area contributed by atoms with Crippen LogP contribution in [-0.2, 0) is 18.9 Å². The van der Waals surface area contributed by atoms with Crippen molar-refractivity contribution < 1.29 is 28.4 Å². The molecule has 2 aromatic carbocycles. The van der Waals surface area contributed by atoms with Gasteiger partial charge in [0, 0.05) is 5.92 Å². The molecule has 2 aromatic rings. The van der Waals surface area contributed by atoms with Crippen LogP contribution >= 0.6 is 0 Å². The highest BCUT2D eigenvalue weighted by Gasteiger charge is 2.25. The van der Waals surface area contributed by atoms with Crippen LogP contribution in [0.1, 0.15) is 23.5 Å². The van der Waals surface area contributed by atoms with Crippen molar-refractivity contribution in [1.82, 2.24) is 0 Å². The average Bonchev–Trinajstić information content (AvgIpc) is 3.72. The molecule has 0 amide bonds. The maximum atomic E-state index is 5.92. The van der Waals surface area contributed by atoms with Gasteiger partial charge in [-0.15, -0.1) is 0 Å². The molecule has 0 bridgehead atoms. The Balaban J connectivity index is 1.21. The average molecular weight is 475 g/mol. The third-order valence-corrected chi connectivity index (χ3v) is 6.39. The lowest BCUT2D eigenvalue weighted by Gasteiger charge is -2.21. The second-order valence-corrected chi connectivity index (χ2v) is 9.25. The molecule has 0 aromatic heterocycles. The molecule has 2 unspecified atom stereocenters. The number of rotatable bonds is 12. The Hall–Kier alpha value is -3.06. The van der Waals surface area contributed by atoms with Crippen LogP contribution < -0.4 is 9.47 Å². The highest BCUT2D eigenvalue weighted by atomic mass is 16.6. The molecule has 4 aliphatic rings. The summed E-state index contributed by atoms with van der Waals surface area (Å²) < 4.78 is 33.4. The monoisotopic (exact) mass is 474 g/mol. The van der Waals surface area contributed by atoms with Gasteiger partial charge in [0.2, 0.25) is 0 Å². The fourth-order valence-electron chi connectivity index (χ4n) is 4.10. The van der Waals surface area contributed by atoms with E-state index in [1.807, 2.05) is 24.3 Å². The summed E-state index contributed by atoms with van der Waals surface area (Å²) in [7, 11) is 0. The van der Waals surface area contributed by atoms with Crippen LogP contribution in [0.4, 0.5) is 0 Å². The molecule has 182 valence electrons. The molecule has 0 spiro atoms. The van der Waals surface area contributed by atoms with E-state index in [0.717, 1.165) is 43.5 Å². The lowest BCUT2D eigenvalue weighted by molar-refractivity contribution is 0.192. The Morgan fingerprint density at radius 1 is 0.629 bits per heavy atom. The first kappa shape index (κ1) is 22.4. The molecule has 3 fully saturated rings. The zero-order valence-corrected chi connectivity index (χ0v) is 19.6. The van der Waals surface area contributed by atoms with Crippen molar-refractivity contribution in [3.05, 3.63) is 95.3 Å². The summed E-state index contributed by atoms with van der Waals surface area (Å²) in [5.41, 5.74) is 3.63. The zero-order chi connectivity index (χ0) is 23.5. The Morgan fingerprint density at radius 3 is 1.60 bits per heavy atom. The van der Waals surface area contributed by atoms with Gasteiger partial charge in [-0.05, 0) is 59.5 Å². The second-order valence-electron chi connectivity index (χ2n) is 9.25. The van der Waals surface area contributed by atoms with Crippen LogP contribution in [0.2, 0.25) is 0 Å². The van der Waals surface area contributed by atoms with Crippen LogP contribution in [0.15, 0.2) is 84.2 Å². The summed E-state index contributed by atoms with van der Waals surface area (Å²) in [6, 6.07) is 16.8. The predicted octanol–water partition coefficient (Wildman–Crippen LogP) is 4.56. The van der Waals surface area contributed by atoms with Crippen molar-refractivity contribution >= 4 is 0 Å². The number of benzene rings is 2. The van der Waals surface area contributed by atoms with Gasteiger partial charge in [-0.3, -0.25) is 0 Å². The van der Waals surface area contributed by atoms with Gasteiger partial charge in [0.25, 0.3) is 0 Å². The van der Waals surface area contributed by atoms with Crippen molar-refractivity contribution in [3.8, 4) is 11.5 Å². The number of epoxide rings is 3. The first-order valence-electron chi connectivity index (χ1n) is 12.3. The van der Waals surface area contributed by atoms with Gasteiger partial charge in [-0.2, -0.15) is 0 Å². The van der Waals surface area contributed by atoms with E-state index in [1.165, 1.54) is 16.7 Å². The molecule has 6 nitrogen and oxygen atoms in total. The van der Waals surface area contributed by atoms with Crippen molar-refractivity contribution in [2.45, 2.75) is 30.7 Å². The quantitative estimate of drug-likeness (QED) is 0.420. The van der Waals surface area contributed by atoms with Crippen LogP contribution in [-0.4, -0.2) is 58.0 Å². The number of hydrogen-bond acceptors (Lipinski definition) is 6. The van der Waals surface area contributed by atoms with Gasteiger partial charge in [0.1, 0.15) is 55.4 Å². The fraction of sp³-hybridized carbons (Fsp3) is 0.379. The molecule has 0 radical (unpaired) electrons. The van der Waals surface area contributed by atoms with E-state index in [1.54, 1.807) is 0 Å². The van der Waals surface area contributed by atoms with Crippen molar-refractivity contribution in [2.75, 3.05) is 39.6 Å². The maximum absolute atomic E-state index is 5.92. The molecule has 6 heteroatoms. The Labute approximate surface area is 205 Å².